The first-order chi connectivity index (χ1) is 27.7. The summed E-state index contributed by atoms with van der Waals surface area (Å²) in [5.74, 6) is -0.931. The van der Waals surface area contributed by atoms with E-state index in [1.807, 2.05) is 23.1 Å². The second kappa shape index (κ2) is 17.8. The number of carbonyl (C=O) groups excluding carboxylic acids is 5. The fourth-order valence-corrected chi connectivity index (χ4v) is 8.37. The summed E-state index contributed by atoms with van der Waals surface area (Å²) >= 11 is 0.835. The second-order valence-electron chi connectivity index (χ2n) is 14.7. The monoisotopic (exact) mass is 776 g/mol. The largest absolute Gasteiger partial charge is 0.350 e. The molecule has 0 spiro atoms. The number of rotatable bonds is 13. The molecule has 2 heterocycles. The van der Waals surface area contributed by atoms with Crippen molar-refractivity contribution >= 4 is 46.6 Å². The molecule has 0 bridgehead atoms. The smallest absolute Gasteiger partial charge is 0.290 e. The highest BCUT2D eigenvalue weighted by atomic mass is 32.2. The number of hydrogen-bond donors (Lipinski definition) is 2. The van der Waals surface area contributed by atoms with Crippen LogP contribution in [0.5, 0.6) is 0 Å². The summed E-state index contributed by atoms with van der Waals surface area (Å²) in [5.41, 5.74) is 4.54. The molecule has 2 atom stereocenters. The van der Waals surface area contributed by atoms with Crippen LogP contribution in [0.4, 0.5) is 4.79 Å². The minimum absolute atomic E-state index is 0.0782. The van der Waals surface area contributed by atoms with Crippen molar-refractivity contribution in [1.29, 1.82) is 0 Å². The van der Waals surface area contributed by atoms with Crippen molar-refractivity contribution in [2.45, 2.75) is 38.4 Å². The number of amides is 4. The predicted molar refractivity (Wildman–Crippen MR) is 224 cm³/mol. The molecule has 2 fully saturated rings. The minimum atomic E-state index is -0.446. The third-order valence-electron chi connectivity index (χ3n) is 10.3. The second-order valence-corrected chi connectivity index (χ2v) is 15.8. The molecule has 2 aliphatic rings. The summed E-state index contributed by atoms with van der Waals surface area (Å²) in [4.78, 5) is 70.5. The maximum atomic E-state index is 14.8. The van der Waals surface area contributed by atoms with Gasteiger partial charge in [0.25, 0.3) is 23.0 Å². The molecule has 2 N–H and O–H groups in total. The van der Waals surface area contributed by atoms with Gasteiger partial charge in [0.05, 0.1) is 22.6 Å². The standard InChI is InChI=1S/C47H44N4O5S/c1-31(2)29-50(42(33-14-6-3-7-15-33)34-16-8-4-9-17-34)38-27-37(28-48-44(53)36-24-22-32(23-25-36)26-41-45(54)49-47(56)57-41)51(30-38)46(55)40-21-13-12-20-39(40)43(52)35-18-10-5-11-19-35/h3-26,31,37-38,42H,27-30H2,1-2H3,(H,48,53)(H,49,54,56)/b41-26-/t37-,38+/m0/s1. The Labute approximate surface area is 337 Å². The molecule has 57 heavy (non-hydrogen) atoms. The van der Waals surface area contributed by atoms with Gasteiger partial charge in [0.2, 0.25) is 0 Å². The first-order valence-electron chi connectivity index (χ1n) is 19.1. The Hall–Kier alpha value is -6.10. The summed E-state index contributed by atoms with van der Waals surface area (Å²) in [5, 5.41) is 4.92. The molecule has 0 radical (unpaired) electrons. The Kier molecular flexibility index (Phi) is 12.2. The normalized spacial score (nSPS) is 17.4. The Bertz CT molecular complexity index is 2240. The number of hydrogen-bond acceptors (Lipinski definition) is 7. The topological polar surface area (TPSA) is 116 Å². The van der Waals surface area contributed by atoms with E-state index in [1.165, 1.54) is 0 Å². The van der Waals surface area contributed by atoms with Crippen molar-refractivity contribution in [3.63, 3.8) is 0 Å². The highest BCUT2D eigenvalue weighted by molar-refractivity contribution is 8.18. The molecule has 9 nitrogen and oxygen atoms in total. The van der Waals surface area contributed by atoms with Gasteiger partial charge in [0.1, 0.15) is 0 Å². The first-order valence-corrected chi connectivity index (χ1v) is 20.0. The maximum absolute atomic E-state index is 14.8. The minimum Gasteiger partial charge on any atom is -0.350 e. The number of ketones is 1. The molecule has 0 aromatic heterocycles. The molecular weight excluding hydrogens is 733 g/mol. The van der Waals surface area contributed by atoms with Crippen LogP contribution in [0.15, 0.2) is 144 Å². The molecule has 2 saturated heterocycles. The van der Waals surface area contributed by atoms with Crippen LogP contribution in [0.1, 0.15) is 79.6 Å². The lowest BCUT2D eigenvalue weighted by Crippen LogP contribution is -2.44. The first kappa shape index (κ1) is 39.1. The van der Waals surface area contributed by atoms with Crippen LogP contribution in [-0.2, 0) is 4.79 Å². The highest BCUT2D eigenvalue weighted by Crippen LogP contribution is 2.36. The summed E-state index contributed by atoms with van der Waals surface area (Å²) in [7, 11) is 0. The van der Waals surface area contributed by atoms with Gasteiger partial charge in [0.15, 0.2) is 5.78 Å². The number of nitrogens with zero attached hydrogens (tertiary/aromatic N) is 2. The van der Waals surface area contributed by atoms with Crippen LogP contribution in [0, 0.1) is 5.92 Å². The van der Waals surface area contributed by atoms with E-state index in [9.17, 15) is 24.0 Å². The van der Waals surface area contributed by atoms with Crippen LogP contribution in [0.25, 0.3) is 6.08 Å². The van der Waals surface area contributed by atoms with Gasteiger partial charge < -0.3 is 10.2 Å². The van der Waals surface area contributed by atoms with Gasteiger partial charge in [0, 0.05) is 42.4 Å². The molecule has 5 aromatic carbocycles. The molecule has 2 aliphatic heterocycles. The van der Waals surface area contributed by atoms with Crippen molar-refractivity contribution < 1.29 is 24.0 Å². The summed E-state index contributed by atoms with van der Waals surface area (Å²) in [6, 6.07) is 43.0. The molecule has 7 rings (SSSR count). The number of imide groups is 1. The van der Waals surface area contributed by atoms with Gasteiger partial charge in [-0.05, 0) is 65.1 Å². The van der Waals surface area contributed by atoms with E-state index in [1.54, 1.807) is 78.9 Å². The van der Waals surface area contributed by atoms with E-state index in [0.29, 0.717) is 46.7 Å². The average Bonchev–Trinajstić information content (AvgIpc) is 3.81. The lowest BCUT2D eigenvalue weighted by atomic mass is 9.94. The molecule has 5 aromatic rings. The van der Waals surface area contributed by atoms with Crippen molar-refractivity contribution in [3.05, 3.63) is 183 Å². The molecule has 0 unspecified atom stereocenters. The van der Waals surface area contributed by atoms with Crippen molar-refractivity contribution in [3.8, 4) is 0 Å². The summed E-state index contributed by atoms with van der Waals surface area (Å²) in [6.45, 7) is 5.75. The number of carbonyl (C=O) groups is 5. The summed E-state index contributed by atoms with van der Waals surface area (Å²) < 4.78 is 0. The zero-order valence-electron chi connectivity index (χ0n) is 31.8. The number of thioether (sulfide) groups is 1. The Morgan fingerprint density at radius 1 is 0.772 bits per heavy atom. The quantitative estimate of drug-likeness (QED) is 0.0920. The molecule has 10 heteroatoms. The third kappa shape index (κ3) is 9.14. The molecule has 0 aliphatic carbocycles. The van der Waals surface area contributed by atoms with Crippen molar-refractivity contribution in [2.75, 3.05) is 19.6 Å². The Morgan fingerprint density at radius 3 is 1.93 bits per heavy atom. The van der Waals surface area contributed by atoms with Crippen LogP contribution >= 0.6 is 11.8 Å². The van der Waals surface area contributed by atoms with Gasteiger partial charge >= 0.3 is 0 Å². The van der Waals surface area contributed by atoms with E-state index in [4.69, 9.17) is 0 Å². The fourth-order valence-electron chi connectivity index (χ4n) is 7.69. The van der Waals surface area contributed by atoms with Gasteiger partial charge in [-0.2, -0.15) is 0 Å². The lowest BCUT2D eigenvalue weighted by Gasteiger charge is -2.38. The SMILES string of the molecule is CC(C)CN(C(c1ccccc1)c1ccccc1)[C@@H]1C[C@@H](CNC(=O)c2ccc(/C=C3\SC(=O)NC3=O)cc2)N(C(=O)c2ccccc2C(=O)c2ccccc2)C1. The number of benzene rings is 5. The average molecular weight is 777 g/mol. The van der Waals surface area contributed by atoms with Crippen LogP contribution in [-0.4, -0.2) is 70.3 Å². The molecular formula is C47H44N4O5S. The van der Waals surface area contributed by atoms with E-state index in [2.05, 4.69) is 77.9 Å². The van der Waals surface area contributed by atoms with E-state index >= 15 is 0 Å². The number of nitrogens with one attached hydrogen (secondary N) is 2. The Balaban J connectivity index is 1.20. The van der Waals surface area contributed by atoms with E-state index < -0.39 is 11.1 Å². The van der Waals surface area contributed by atoms with Crippen LogP contribution in [0.2, 0.25) is 0 Å². The highest BCUT2D eigenvalue weighted by Gasteiger charge is 2.42. The van der Waals surface area contributed by atoms with Crippen molar-refractivity contribution in [2.24, 2.45) is 5.92 Å². The predicted octanol–water partition coefficient (Wildman–Crippen LogP) is 8.00. The van der Waals surface area contributed by atoms with Gasteiger partial charge in [-0.15, -0.1) is 0 Å². The zero-order chi connectivity index (χ0) is 39.9. The maximum Gasteiger partial charge on any atom is 0.290 e. The Morgan fingerprint density at radius 2 is 1.35 bits per heavy atom. The van der Waals surface area contributed by atoms with Crippen LogP contribution in [0.3, 0.4) is 0 Å². The molecule has 4 amide bonds. The third-order valence-corrected chi connectivity index (χ3v) is 11.1. The lowest BCUT2D eigenvalue weighted by molar-refractivity contribution is -0.115. The van der Waals surface area contributed by atoms with Gasteiger partial charge in [-0.1, -0.05) is 135 Å². The molecule has 288 valence electrons. The van der Waals surface area contributed by atoms with Gasteiger partial charge in [-0.3, -0.25) is 34.2 Å². The van der Waals surface area contributed by atoms with Gasteiger partial charge in [-0.25, -0.2) is 0 Å². The van der Waals surface area contributed by atoms with Crippen LogP contribution < -0.4 is 10.6 Å². The molecule has 0 saturated carbocycles. The zero-order valence-corrected chi connectivity index (χ0v) is 32.7. The summed E-state index contributed by atoms with van der Waals surface area (Å²) in [6.07, 6.45) is 2.20. The van der Waals surface area contributed by atoms with Crippen molar-refractivity contribution in [1.82, 2.24) is 20.4 Å². The number of likely N-dealkylation sites (tertiary alicyclic amines) is 1. The van der Waals surface area contributed by atoms with E-state index in [-0.39, 0.29) is 47.2 Å². The fraction of sp³-hybridized carbons (Fsp3) is 0.213. The van der Waals surface area contributed by atoms with E-state index in [0.717, 1.165) is 29.4 Å².